The first-order chi connectivity index (χ1) is 6.77. The van der Waals surface area contributed by atoms with E-state index in [0.717, 1.165) is 30.5 Å². The fourth-order valence-corrected chi connectivity index (χ4v) is 1.89. The molecule has 1 fully saturated rings. The van der Waals surface area contributed by atoms with E-state index in [1.54, 1.807) is 12.3 Å². The summed E-state index contributed by atoms with van der Waals surface area (Å²) in [7, 11) is 0. The van der Waals surface area contributed by atoms with E-state index in [1.165, 1.54) is 0 Å². The topological polar surface area (TPSA) is 28.2 Å². The first kappa shape index (κ1) is 9.74. The van der Waals surface area contributed by atoms with E-state index in [2.05, 4.69) is 22.1 Å². The van der Waals surface area contributed by atoms with Gasteiger partial charge in [-0.1, -0.05) is 11.6 Å². The standard InChI is InChI=1S/C10H14ClN3/c1-8-7-12-4-5-14(8)10-6-9(11)2-3-13-10/h2-3,6,8,12H,4-5,7H2,1H3/t8-/m0/s1. The Balaban J connectivity index is 2.20. The van der Waals surface area contributed by atoms with E-state index in [4.69, 9.17) is 11.6 Å². The summed E-state index contributed by atoms with van der Waals surface area (Å²) in [4.78, 5) is 6.61. The molecule has 3 nitrogen and oxygen atoms in total. The molecule has 76 valence electrons. The van der Waals surface area contributed by atoms with Crippen LogP contribution in [0.15, 0.2) is 18.3 Å². The van der Waals surface area contributed by atoms with Crippen LogP contribution in [0.4, 0.5) is 5.82 Å². The molecule has 1 N–H and O–H groups in total. The van der Waals surface area contributed by atoms with E-state index < -0.39 is 0 Å². The number of aromatic nitrogens is 1. The number of hydrogen-bond donors (Lipinski definition) is 1. The summed E-state index contributed by atoms with van der Waals surface area (Å²) in [6, 6.07) is 4.20. The summed E-state index contributed by atoms with van der Waals surface area (Å²) < 4.78 is 0. The Kier molecular flexibility index (Phi) is 2.89. The maximum absolute atomic E-state index is 5.93. The van der Waals surface area contributed by atoms with Crippen molar-refractivity contribution in [2.45, 2.75) is 13.0 Å². The predicted octanol–water partition coefficient (Wildman–Crippen LogP) is 1.53. The van der Waals surface area contributed by atoms with Crippen LogP contribution in [-0.2, 0) is 0 Å². The average molecular weight is 212 g/mol. The summed E-state index contributed by atoms with van der Waals surface area (Å²) in [5.41, 5.74) is 0. The Morgan fingerprint density at radius 1 is 1.64 bits per heavy atom. The summed E-state index contributed by atoms with van der Waals surface area (Å²) >= 11 is 5.93. The van der Waals surface area contributed by atoms with Crippen molar-refractivity contribution in [3.05, 3.63) is 23.4 Å². The van der Waals surface area contributed by atoms with Crippen molar-refractivity contribution in [2.24, 2.45) is 0 Å². The van der Waals surface area contributed by atoms with Crippen molar-refractivity contribution in [3.8, 4) is 0 Å². The van der Waals surface area contributed by atoms with Gasteiger partial charge in [0.2, 0.25) is 0 Å². The van der Waals surface area contributed by atoms with Gasteiger partial charge in [0.05, 0.1) is 0 Å². The smallest absolute Gasteiger partial charge is 0.130 e. The Hall–Kier alpha value is -0.800. The highest BCUT2D eigenvalue weighted by atomic mass is 35.5. The number of nitrogens with one attached hydrogen (secondary N) is 1. The van der Waals surface area contributed by atoms with Gasteiger partial charge in [-0.3, -0.25) is 0 Å². The summed E-state index contributed by atoms with van der Waals surface area (Å²) in [6.45, 7) is 5.20. The van der Waals surface area contributed by atoms with Crippen LogP contribution >= 0.6 is 11.6 Å². The molecule has 2 rings (SSSR count). The van der Waals surface area contributed by atoms with Crippen molar-refractivity contribution in [3.63, 3.8) is 0 Å². The van der Waals surface area contributed by atoms with Crippen LogP contribution < -0.4 is 10.2 Å². The number of hydrogen-bond acceptors (Lipinski definition) is 3. The lowest BCUT2D eigenvalue weighted by molar-refractivity contribution is 0.497. The summed E-state index contributed by atoms with van der Waals surface area (Å²) in [5, 5.41) is 4.10. The summed E-state index contributed by atoms with van der Waals surface area (Å²) in [6.07, 6.45) is 1.76. The number of nitrogens with zero attached hydrogens (tertiary/aromatic N) is 2. The van der Waals surface area contributed by atoms with Crippen LogP contribution in [-0.4, -0.2) is 30.7 Å². The first-order valence-electron chi connectivity index (χ1n) is 4.86. The molecule has 1 aliphatic heterocycles. The molecule has 0 spiro atoms. The maximum Gasteiger partial charge on any atom is 0.130 e. The van der Waals surface area contributed by atoms with Gasteiger partial charge in [0.1, 0.15) is 5.82 Å². The minimum absolute atomic E-state index is 0.481. The van der Waals surface area contributed by atoms with Crippen LogP contribution in [0, 0.1) is 0 Å². The molecule has 0 aromatic carbocycles. The predicted molar refractivity (Wildman–Crippen MR) is 58.9 cm³/mol. The molecule has 0 aliphatic carbocycles. The van der Waals surface area contributed by atoms with Crippen LogP contribution in [0.5, 0.6) is 0 Å². The second-order valence-electron chi connectivity index (χ2n) is 3.58. The molecule has 0 unspecified atom stereocenters. The third-order valence-corrected chi connectivity index (χ3v) is 2.74. The fourth-order valence-electron chi connectivity index (χ4n) is 1.73. The number of rotatable bonds is 1. The number of halogens is 1. The van der Waals surface area contributed by atoms with Crippen molar-refractivity contribution < 1.29 is 0 Å². The second-order valence-corrected chi connectivity index (χ2v) is 4.02. The van der Waals surface area contributed by atoms with Gasteiger partial charge in [0, 0.05) is 36.9 Å². The van der Waals surface area contributed by atoms with Crippen LogP contribution in [0.1, 0.15) is 6.92 Å². The van der Waals surface area contributed by atoms with Crippen molar-refractivity contribution in [1.29, 1.82) is 0 Å². The molecule has 1 saturated heterocycles. The molecule has 1 atom stereocenters. The Morgan fingerprint density at radius 2 is 2.50 bits per heavy atom. The molecule has 4 heteroatoms. The lowest BCUT2D eigenvalue weighted by Gasteiger charge is -2.34. The van der Waals surface area contributed by atoms with Gasteiger partial charge in [-0.05, 0) is 19.1 Å². The zero-order valence-electron chi connectivity index (χ0n) is 8.20. The third kappa shape index (κ3) is 1.99. The van der Waals surface area contributed by atoms with E-state index in [-0.39, 0.29) is 0 Å². The van der Waals surface area contributed by atoms with Gasteiger partial charge >= 0.3 is 0 Å². The molecule has 14 heavy (non-hydrogen) atoms. The molecular weight excluding hydrogens is 198 g/mol. The second kappa shape index (κ2) is 4.15. The van der Waals surface area contributed by atoms with Crippen LogP contribution in [0.25, 0.3) is 0 Å². The Morgan fingerprint density at radius 3 is 3.21 bits per heavy atom. The van der Waals surface area contributed by atoms with Gasteiger partial charge in [-0.25, -0.2) is 4.98 Å². The summed E-state index contributed by atoms with van der Waals surface area (Å²) in [5.74, 6) is 0.978. The van der Waals surface area contributed by atoms with Gasteiger partial charge < -0.3 is 10.2 Å². The number of piperazine rings is 1. The van der Waals surface area contributed by atoms with E-state index in [9.17, 15) is 0 Å². The van der Waals surface area contributed by atoms with Crippen LogP contribution in [0.3, 0.4) is 0 Å². The molecule has 2 heterocycles. The minimum Gasteiger partial charge on any atom is -0.351 e. The molecule has 0 radical (unpaired) electrons. The van der Waals surface area contributed by atoms with E-state index in [0.29, 0.717) is 6.04 Å². The molecule has 1 aliphatic rings. The van der Waals surface area contributed by atoms with Crippen LogP contribution in [0.2, 0.25) is 5.02 Å². The van der Waals surface area contributed by atoms with E-state index in [1.807, 2.05) is 6.07 Å². The largest absolute Gasteiger partial charge is 0.351 e. The highest BCUT2D eigenvalue weighted by molar-refractivity contribution is 6.30. The first-order valence-corrected chi connectivity index (χ1v) is 5.24. The van der Waals surface area contributed by atoms with Gasteiger partial charge in [0.25, 0.3) is 0 Å². The Bertz CT molecular complexity index is 316. The maximum atomic E-state index is 5.93. The number of anilines is 1. The SMILES string of the molecule is C[C@H]1CNCCN1c1cc(Cl)ccn1. The fraction of sp³-hybridized carbons (Fsp3) is 0.500. The van der Waals surface area contributed by atoms with Gasteiger partial charge in [-0.15, -0.1) is 0 Å². The monoisotopic (exact) mass is 211 g/mol. The quantitative estimate of drug-likeness (QED) is 0.764. The zero-order valence-corrected chi connectivity index (χ0v) is 8.96. The highest BCUT2D eigenvalue weighted by Gasteiger charge is 2.18. The van der Waals surface area contributed by atoms with Gasteiger partial charge in [-0.2, -0.15) is 0 Å². The van der Waals surface area contributed by atoms with Crippen molar-refractivity contribution in [1.82, 2.24) is 10.3 Å². The third-order valence-electron chi connectivity index (χ3n) is 2.50. The minimum atomic E-state index is 0.481. The lowest BCUT2D eigenvalue weighted by Crippen LogP contribution is -2.50. The highest BCUT2D eigenvalue weighted by Crippen LogP contribution is 2.18. The molecule has 0 amide bonds. The molecule has 0 bridgehead atoms. The van der Waals surface area contributed by atoms with E-state index >= 15 is 0 Å². The average Bonchev–Trinajstić information content (AvgIpc) is 2.18. The lowest BCUT2D eigenvalue weighted by atomic mass is 10.2. The van der Waals surface area contributed by atoms with Crippen molar-refractivity contribution >= 4 is 17.4 Å². The molecule has 1 aromatic heterocycles. The van der Waals surface area contributed by atoms with Gasteiger partial charge in [0.15, 0.2) is 0 Å². The number of pyridine rings is 1. The van der Waals surface area contributed by atoms with Crippen molar-refractivity contribution in [2.75, 3.05) is 24.5 Å². The molecular formula is C10H14ClN3. The zero-order chi connectivity index (χ0) is 9.97. The normalized spacial score (nSPS) is 22.4. The molecule has 1 aromatic rings. The Labute approximate surface area is 89.1 Å². The molecule has 0 saturated carbocycles.